The molecule has 2 aliphatic rings. The zero-order valence-corrected chi connectivity index (χ0v) is 11.2. The van der Waals surface area contributed by atoms with Crippen LogP contribution in [0.15, 0.2) is 0 Å². The summed E-state index contributed by atoms with van der Waals surface area (Å²) < 4.78 is 25.3. The van der Waals surface area contributed by atoms with E-state index < -0.39 is 25.1 Å². The fourth-order valence-corrected chi connectivity index (χ4v) is 2.58. The van der Waals surface area contributed by atoms with Gasteiger partial charge in [0, 0.05) is 0 Å². The van der Waals surface area contributed by atoms with Crippen molar-refractivity contribution in [1.29, 1.82) is 0 Å². The van der Waals surface area contributed by atoms with E-state index in [1.165, 1.54) is 0 Å². The van der Waals surface area contributed by atoms with Crippen LogP contribution in [0.1, 0.15) is 33.1 Å². The molecule has 0 aromatic heterocycles. The Morgan fingerprint density at radius 2 is 1.95 bits per heavy atom. The van der Waals surface area contributed by atoms with E-state index in [1.54, 1.807) is 0 Å². The van der Waals surface area contributed by atoms with Crippen LogP contribution in [0.25, 0.3) is 0 Å². The number of amides is 2. The van der Waals surface area contributed by atoms with Gasteiger partial charge >= 0.3 is 0 Å². The van der Waals surface area contributed by atoms with Crippen LogP contribution >= 0.6 is 0 Å². The fourth-order valence-electron chi connectivity index (χ4n) is 2.58. The Kier molecular flexibility index (Phi) is 4.06. The topological polar surface area (TPSA) is 49.4 Å². The summed E-state index contributed by atoms with van der Waals surface area (Å²) in [5.41, 5.74) is 0. The molecule has 6 heteroatoms. The molecule has 0 spiro atoms. The number of rotatable bonds is 5. The average Bonchev–Trinajstić information content (AvgIpc) is 3.11. The molecule has 0 bridgehead atoms. The minimum Gasteiger partial charge on any atom is -0.342 e. The van der Waals surface area contributed by atoms with Crippen molar-refractivity contribution in [3.8, 4) is 0 Å². The van der Waals surface area contributed by atoms with Crippen molar-refractivity contribution in [1.82, 2.24) is 10.2 Å². The molecule has 2 unspecified atom stereocenters. The standard InChI is InChI=1S/C13H20F2N2O2/c1-7(2)5-9-12(18)16-11(8-3-4-8)13(19)17(9)6-10(14)15/h7-11H,3-6H2,1-2H3,(H,16,18). The summed E-state index contributed by atoms with van der Waals surface area (Å²) in [5, 5.41) is 2.71. The molecular weight excluding hydrogens is 254 g/mol. The van der Waals surface area contributed by atoms with Crippen molar-refractivity contribution in [3.05, 3.63) is 0 Å². The highest BCUT2D eigenvalue weighted by Crippen LogP contribution is 2.35. The molecule has 1 aliphatic heterocycles. The number of halogens is 2. The van der Waals surface area contributed by atoms with Crippen LogP contribution in [0.3, 0.4) is 0 Å². The number of nitrogens with one attached hydrogen (secondary N) is 1. The molecule has 0 radical (unpaired) electrons. The molecule has 108 valence electrons. The lowest BCUT2D eigenvalue weighted by atomic mass is 9.96. The number of hydrogen-bond donors (Lipinski definition) is 1. The molecule has 1 saturated heterocycles. The first-order chi connectivity index (χ1) is 8.90. The molecule has 1 aliphatic carbocycles. The Bertz CT molecular complexity index is 370. The van der Waals surface area contributed by atoms with Crippen LogP contribution in [0.4, 0.5) is 8.78 Å². The SMILES string of the molecule is CC(C)CC1C(=O)NC(C2CC2)C(=O)N1CC(F)F. The largest absolute Gasteiger partial charge is 0.342 e. The van der Waals surface area contributed by atoms with Gasteiger partial charge in [-0.15, -0.1) is 0 Å². The lowest BCUT2D eigenvalue weighted by Gasteiger charge is -2.39. The Morgan fingerprint density at radius 3 is 2.42 bits per heavy atom. The van der Waals surface area contributed by atoms with E-state index >= 15 is 0 Å². The molecule has 1 N–H and O–H groups in total. The van der Waals surface area contributed by atoms with Crippen molar-refractivity contribution in [2.45, 2.75) is 51.6 Å². The Balaban J connectivity index is 2.16. The number of carbonyl (C=O) groups is 2. The zero-order valence-electron chi connectivity index (χ0n) is 11.2. The predicted octanol–water partition coefficient (Wildman–Crippen LogP) is 1.40. The van der Waals surface area contributed by atoms with E-state index in [0.717, 1.165) is 17.7 Å². The Morgan fingerprint density at radius 1 is 1.32 bits per heavy atom. The number of hydrogen-bond acceptors (Lipinski definition) is 2. The van der Waals surface area contributed by atoms with Crippen LogP contribution in [-0.2, 0) is 9.59 Å². The molecule has 2 rings (SSSR count). The van der Waals surface area contributed by atoms with Gasteiger partial charge in [-0.25, -0.2) is 8.78 Å². The highest BCUT2D eigenvalue weighted by Gasteiger charge is 2.47. The van der Waals surface area contributed by atoms with Gasteiger partial charge in [-0.2, -0.15) is 0 Å². The highest BCUT2D eigenvalue weighted by molar-refractivity contribution is 5.97. The summed E-state index contributed by atoms with van der Waals surface area (Å²) in [5.74, 6) is -0.322. The van der Waals surface area contributed by atoms with Gasteiger partial charge in [0.1, 0.15) is 12.1 Å². The third kappa shape index (κ3) is 3.22. The van der Waals surface area contributed by atoms with E-state index in [1.807, 2.05) is 13.8 Å². The minimum atomic E-state index is -2.61. The first-order valence-corrected chi connectivity index (χ1v) is 6.79. The van der Waals surface area contributed by atoms with Crippen LogP contribution < -0.4 is 5.32 Å². The fraction of sp³-hybridized carbons (Fsp3) is 0.846. The van der Waals surface area contributed by atoms with Crippen molar-refractivity contribution < 1.29 is 18.4 Å². The molecule has 2 amide bonds. The third-order valence-corrected chi connectivity index (χ3v) is 3.65. The summed E-state index contributed by atoms with van der Waals surface area (Å²) >= 11 is 0. The van der Waals surface area contributed by atoms with Crippen molar-refractivity contribution >= 4 is 11.8 Å². The lowest BCUT2D eigenvalue weighted by Crippen LogP contribution is -2.64. The third-order valence-electron chi connectivity index (χ3n) is 3.65. The highest BCUT2D eigenvalue weighted by atomic mass is 19.3. The molecule has 2 atom stereocenters. The van der Waals surface area contributed by atoms with E-state index in [0.29, 0.717) is 6.42 Å². The van der Waals surface area contributed by atoms with Crippen molar-refractivity contribution in [2.75, 3.05) is 6.54 Å². The number of piperazine rings is 1. The molecule has 0 aromatic carbocycles. The summed E-state index contributed by atoms with van der Waals surface area (Å²) in [6.45, 7) is 3.17. The number of carbonyl (C=O) groups excluding carboxylic acids is 2. The van der Waals surface area contributed by atoms with Gasteiger partial charge in [0.05, 0.1) is 6.54 Å². The predicted molar refractivity (Wildman–Crippen MR) is 65.6 cm³/mol. The summed E-state index contributed by atoms with van der Waals surface area (Å²) in [7, 11) is 0. The monoisotopic (exact) mass is 274 g/mol. The first kappa shape index (κ1) is 14.2. The molecular formula is C13H20F2N2O2. The normalized spacial score (nSPS) is 28.2. The maximum atomic E-state index is 12.6. The average molecular weight is 274 g/mol. The molecule has 2 fully saturated rings. The van der Waals surface area contributed by atoms with Crippen molar-refractivity contribution in [3.63, 3.8) is 0 Å². The number of alkyl halides is 2. The van der Waals surface area contributed by atoms with Gasteiger partial charge in [0.25, 0.3) is 6.43 Å². The quantitative estimate of drug-likeness (QED) is 0.824. The Hall–Kier alpha value is -1.20. The van der Waals surface area contributed by atoms with Crippen molar-refractivity contribution in [2.24, 2.45) is 11.8 Å². The van der Waals surface area contributed by atoms with Gasteiger partial charge in [-0.3, -0.25) is 9.59 Å². The van der Waals surface area contributed by atoms with E-state index in [2.05, 4.69) is 5.32 Å². The second kappa shape index (κ2) is 5.43. The van der Waals surface area contributed by atoms with Gasteiger partial charge in [0.15, 0.2) is 0 Å². The van der Waals surface area contributed by atoms with E-state index in [4.69, 9.17) is 0 Å². The second-order valence-electron chi connectivity index (χ2n) is 5.85. The van der Waals surface area contributed by atoms with E-state index in [-0.39, 0.29) is 23.7 Å². The molecule has 1 saturated carbocycles. The van der Waals surface area contributed by atoms with Crippen LogP contribution in [0, 0.1) is 11.8 Å². The Labute approximate surface area is 111 Å². The summed E-state index contributed by atoms with van der Waals surface area (Å²) in [6, 6.07) is -1.34. The maximum absolute atomic E-state index is 12.6. The minimum absolute atomic E-state index is 0.136. The van der Waals surface area contributed by atoms with Crippen LogP contribution in [-0.4, -0.2) is 41.8 Å². The number of nitrogens with zero attached hydrogens (tertiary/aromatic N) is 1. The van der Waals surface area contributed by atoms with Crippen LogP contribution in [0.5, 0.6) is 0 Å². The van der Waals surface area contributed by atoms with Crippen LogP contribution in [0.2, 0.25) is 0 Å². The van der Waals surface area contributed by atoms with Gasteiger partial charge < -0.3 is 10.2 Å². The van der Waals surface area contributed by atoms with E-state index in [9.17, 15) is 18.4 Å². The summed E-state index contributed by atoms with van der Waals surface area (Å²) in [6.07, 6.45) is -0.423. The molecule has 4 nitrogen and oxygen atoms in total. The first-order valence-electron chi connectivity index (χ1n) is 6.79. The smallest absolute Gasteiger partial charge is 0.255 e. The molecule has 0 aromatic rings. The summed E-state index contributed by atoms with van der Waals surface area (Å²) in [4.78, 5) is 25.4. The maximum Gasteiger partial charge on any atom is 0.255 e. The second-order valence-corrected chi connectivity index (χ2v) is 5.85. The lowest BCUT2D eigenvalue weighted by molar-refractivity contribution is -0.152. The van der Waals surface area contributed by atoms with Gasteiger partial charge in [0.2, 0.25) is 11.8 Å². The van der Waals surface area contributed by atoms with Gasteiger partial charge in [-0.1, -0.05) is 13.8 Å². The zero-order chi connectivity index (χ0) is 14.2. The van der Waals surface area contributed by atoms with Gasteiger partial charge in [-0.05, 0) is 31.1 Å². The molecule has 1 heterocycles. The molecule has 19 heavy (non-hydrogen) atoms.